The molecular weight excluding hydrogens is 308 g/mol. The largest absolute Gasteiger partial charge is 0.271 e. The molecule has 0 bridgehead atoms. The molecule has 1 saturated heterocycles. The Morgan fingerprint density at radius 1 is 1.43 bits per heavy atom. The van der Waals surface area contributed by atoms with Crippen LogP contribution in [0.3, 0.4) is 0 Å². The Hall–Kier alpha value is -1.56. The van der Waals surface area contributed by atoms with E-state index in [-0.39, 0.29) is 4.90 Å². The molecule has 1 aliphatic heterocycles. The van der Waals surface area contributed by atoms with E-state index >= 15 is 0 Å². The molecule has 1 aromatic carbocycles. The van der Waals surface area contributed by atoms with Gasteiger partial charge in [-0.25, -0.2) is 13.4 Å². The topological polar surface area (TPSA) is 85.6 Å². The van der Waals surface area contributed by atoms with Crippen molar-refractivity contribution >= 4 is 32.6 Å². The van der Waals surface area contributed by atoms with E-state index in [1.807, 2.05) is 0 Å². The number of aliphatic imine (C=N–C) groups is 1. The summed E-state index contributed by atoms with van der Waals surface area (Å²) in [6.07, 6.45) is 5.39. The number of amidine groups is 1. The van der Waals surface area contributed by atoms with Crippen molar-refractivity contribution in [1.82, 2.24) is 9.62 Å². The van der Waals surface area contributed by atoms with Crippen molar-refractivity contribution in [2.24, 2.45) is 4.99 Å². The van der Waals surface area contributed by atoms with Crippen LogP contribution in [0.1, 0.15) is 12.8 Å². The molecule has 8 heteroatoms. The molecule has 0 spiro atoms. The second kappa shape index (κ2) is 6.93. The van der Waals surface area contributed by atoms with Crippen LogP contribution in [0.2, 0.25) is 0 Å². The molecule has 0 saturated carbocycles. The van der Waals surface area contributed by atoms with E-state index in [1.54, 1.807) is 30.6 Å². The van der Waals surface area contributed by atoms with Gasteiger partial charge in [0.15, 0.2) is 11.4 Å². The third-order valence-corrected chi connectivity index (χ3v) is 5.58. The number of nitrogens with zero attached hydrogens (tertiary/aromatic N) is 3. The highest BCUT2D eigenvalue weighted by molar-refractivity contribution is 8.13. The van der Waals surface area contributed by atoms with E-state index in [0.717, 1.165) is 12.8 Å². The Bertz CT molecular complexity index is 674. The number of hydrogen-bond acceptors (Lipinski definition) is 5. The molecule has 21 heavy (non-hydrogen) atoms. The summed E-state index contributed by atoms with van der Waals surface area (Å²) in [6, 6.07) is 6.47. The summed E-state index contributed by atoms with van der Waals surface area (Å²) in [6.45, 7) is 1.14. The van der Waals surface area contributed by atoms with Crippen LogP contribution in [0.25, 0.3) is 0 Å². The van der Waals surface area contributed by atoms with E-state index in [1.165, 1.54) is 22.1 Å². The standard InChI is InChI=1S/C13H16N4O2S2/c1-20-13(15-10-14)16-11-5-4-6-12(9-11)21(18,19)17-7-2-3-8-17/h4-6,9H,2-3,7-8H2,1H3,(H,15,16). The Morgan fingerprint density at radius 3 is 2.76 bits per heavy atom. The summed E-state index contributed by atoms with van der Waals surface area (Å²) in [4.78, 5) is 4.47. The van der Waals surface area contributed by atoms with Crippen LogP contribution in [0.4, 0.5) is 5.69 Å². The fraction of sp³-hybridized carbons (Fsp3) is 0.385. The first-order valence-corrected chi connectivity index (χ1v) is 9.12. The Labute approximate surface area is 128 Å². The van der Waals surface area contributed by atoms with Gasteiger partial charge in [0.05, 0.1) is 10.6 Å². The summed E-state index contributed by atoms with van der Waals surface area (Å²) in [5, 5.41) is 11.5. The number of rotatable bonds is 3. The average Bonchev–Trinajstić information content (AvgIpc) is 3.02. The molecule has 0 unspecified atom stereocenters. The Kier molecular flexibility index (Phi) is 5.22. The Balaban J connectivity index is 2.31. The molecule has 1 aliphatic rings. The first-order valence-electron chi connectivity index (χ1n) is 6.46. The molecule has 0 radical (unpaired) electrons. The summed E-state index contributed by atoms with van der Waals surface area (Å²) in [5.74, 6) is 0. The van der Waals surface area contributed by atoms with Gasteiger partial charge in [-0.3, -0.25) is 5.32 Å². The fourth-order valence-corrected chi connectivity index (χ4v) is 3.98. The second-order valence-electron chi connectivity index (χ2n) is 4.47. The van der Waals surface area contributed by atoms with Crippen molar-refractivity contribution in [2.45, 2.75) is 17.7 Å². The summed E-state index contributed by atoms with van der Waals surface area (Å²) in [5.41, 5.74) is 0.502. The van der Waals surface area contributed by atoms with Crippen LogP contribution in [0, 0.1) is 11.5 Å². The highest BCUT2D eigenvalue weighted by Crippen LogP contribution is 2.24. The van der Waals surface area contributed by atoms with Crippen molar-refractivity contribution in [1.29, 1.82) is 5.26 Å². The molecule has 1 N–H and O–H groups in total. The maximum Gasteiger partial charge on any atom is 0.243 e. The van der Waals surface area contributed by atoms with Crippen molar-refractivity contribution in [3.63, 3.8) is 0 Å². The van der Waals surface area contributed by atoms with E-state index in [4.69, 9.17) is 5.26 Å². The molecule has 6 nitrogen and oxygen atoms in total. The first kappa shape index (κ1) is 15.8. The quantitative estimate of drug-likeness (QED) is 0.397. The summed E-state index contributed by atoms with van der Waals surface area (Å²) >= 11 is 1.28. The van der Waals surface area contributed by atoms with Gasteiger partial charge in [0.25, 0.3) is 0 Å². The third kappa shape index (κ3) is 3.75. The van der Waals surface area contributed by atoms with Crippen LogP contribution < -0.4 is 5.32 Å². The number of sulfonamides is 1. The molecule has 1 aromatic rings. The van der Waals surface area contributed by atoms with Crippen LogP contribution in [-0.4, -0.2) is 37.2 Å². The molecule has 0 aliphatic carbocycles. The lowest BCUT2D eigenvalue weighted by atomic mass is 10.3. The minimum absolute atomic E-state index is 0.239. The summed E-state index contributed by atoms with van der Waals surface area (Å²) < 4.78 is 26.4. The zero-order valence-corrected chi connectivity index (χ0v) is 13.2. The van der Waals surface area contributed by atoms with Gasteiger partial charge in [-0.1, -0.05) is 17.8 Å². The lowest BCUT2D eigenvalue weighted by Crippen LogP contribution is -2.27. The zero-order valence-electron chi connectivity index (χ0n) is 11.6. The highest BCUT2D eigenvalue weighted by atomic mass is 32.2. The van der Waals surface area contributed by atoms with Gasteiger partial charge >= 0.3 is 0 Å². The smallest absolute Gasteiger partial charge is 0.243 e. The second-order valence-corrected chi connectivity index (χ2v) is 7.20. The van der Waals surface area contributed by atoms with Crippen molar-refractivity contribution in [2.75, 3.05) is 19.3 Å². The molecule has 0 aromatic heterocycles. The van der Waals surface area contributed by atoms with E-state index in [2.05, 4.69) is 10.3 Å². The number of hydrogen-bond donors (Lipinski definition) is 1. The molecule has 2 rings (SSSR count). The monoisotopic (exact) mass is 324 g/mol. The van der Waals surface area contributed by atoms with Crippen LogP contribution in [0.5, 0.6) is 0 Å². The Morgan fingerprint density at radius 2 is 2.14 bits per heavy atom. The van der Waals surface area contributed by atoms with Crippen LogP contribution >= 0.6 is 11.8 Å². The van der Waals surface area contributed by atoms with Crippen LogP contribution in [-0.2, 0) is 10.0 Å². The average molecular weight is 324 g/mol. The van der Waals surface area contributed by atoms with Crippen molar-refractivity contribution in [3.8, 4) is 6.19 Å². The molecule has 0 atom stereocenters. The number of nitriles is 1. The maximum absolute atomic E-state index is 12.5. The van der Waals surface area contributed by atoms with Gasteiger partial charge in [0, 0.05) is 13.1 Å². The summed E-state index contributed by atoms with van der Waals surface area (Å²) in [7, 11) is -3.44. The molecule has 112 valence electrons. The lowest BCUT2D eigenvalue weighted by molar-refractivity contribution is 0.477. The number of thioether (sulfide) groups is 1. The zero-order chi connectivity index (χ0) is 15.3. The highest BCUT2D eigenvalue weighted by Gasteiger charge is 2.27. The van der Waals surface area contributed by atoms with Crippen molar-refractivity contribution < 1.29 is 8.42 Å². The molecular formula is C13H16N4O2S2. The van der Waals surface area contributed by atoms with Gasteiger partial charge in [0.2, 0.25) is 10.0 Å². The third-order valence-electron chi connectivity index (χ3n) is 3.11. The molecule has 1 fully saturated rings. The van der Waals surface area contributed by atoms with Gasteiger partial charge < -0.3 is 0 Å². The SMILES string of the molecule is CSC(=Nc1cccc(S(=O)(=O)N2CCCC2)c1)NC#N. The van der Waals surface area contributed by atoms with Gasteiger partial charge in [-0.15, -0.1) is 0 Å². The van der Waals surface area contributed by atoms with E-state index in [0.29, 0.717) is 23.9 Å². The van der Waals surface area contributed by atoms with E-state index < -0.39 is 10.0 Å². The normalized spacial score (nSPS) is 16.7. The van der Waals surface area contributed by atoms with Crippen LogP contribution in [0.15, 0.2) is 34.2 Å². The minimum atomic E-state index is -3.44. The number of benzene rings is 1. The predicted molar refractivity (Wildman–Crippen MR) is 83.8 cm³/mol. The lowest BCUT2D eigenvalue weighted by Gasteiger charge is -2.15. The minimum Gasteiger partial charge on any atom is -0.271 e. The van der Waals surface area contributed by atoms with E-state index in [9.17, 15) is 8.42 Å². The molecule has 0 amide bonds. The van der Waals surface area contributed by atoms with Gasteiger partial charge in [-0.2, -0.15) is 9.57 Å². The van der Waals surface area contributed by atoms with Gasteiger partial charge in [0.1, 0.15) is 0 Å². The first-order chi connectivity index (χ1) is 10.1. The number of nitrogens with one attached hydrogen (secondary N) is 1. The molecule has 1 heterocycles. The predicted octanol–water partition coefficient (Wildman–Crippen LogP) is 1.89. The fourth-order valence-electron chi connectivity index (χ4n) is 2.08. The maximum atomic E-state index is 12.5. The van der Waals surface area contributed by atoms with Gasteiger partial charge in [-0.05, 0) is 37.3 Å². The van der Waals surface area contributed by atoms with Crippen molar-refractivity contribution in [3.05, 3.63) is 24.3 Å².